The summed E-state index contributed by atoms with van der Waals surface area (Å²) in [7, 11) is 0.845. The zero-order valence-corrected chi connectivity index (χ0v) is 15.9. The molecule has 1 fully saturated rings. The van der Waals surface area contributed by atoms with E-state index in [0.717, 1.165) is 12.3 Å². The minimum Gasteiger partial charge on any atom is -0.361 e. The average Bonchev–Trinajstić information content (AvgIpc) is 2.84. The molecule has 0 saturated carbocycles. The summed E-state index contributed by atoms with van der Waals surface area (Å²) >= 11 is 7.23. The first-order valence-electron chi connectivity index (χ1n) is 7.51. The summed E-state index contributed by atoms with van der Waals surface area (Å²) in [5, 5.41) is 7.58. The van der Waals surface area contributed by atoms with Crippen LogP contribution in [0.1, 0.15) is 6.42 Å². The summed E-state index contributed by atoms with van der Waals surface area (Å²) in [5.74, 6) is 1.31. The van der Waals surface area contributed by atoms with Gasteiger partial charge in [-0.05, 0) is 30.8 Å². The van der Waals surface area contributed by atoms with Gasteiger partial charge in [0.05, 0.1) is 17.5 Å². The standard InChI is InChI=1S/C15H23N3O2S3/c1-17(2)18(13-8-11-23(19,20)12-13)15(21)16-9-10-22-14-6-4-3-5-7-14/h3-7,13H,8-12H2,1-2H3,(H,16,21)/t13-/m0/s1. The Hall–Kier alpha value is -0.830. The van der Waals surface area contributed by atoms with Crippen molar-refractivity contribution in [3.63, 3.8) is 0 Å². The van der Waals surface area contributed by atoms with Crippen molar-refractivity contribution in [1.82, 2.24) is 15.3 Å². The molecule has 2 rings (SSSR count). The van der Waals surface area contributed by atoms with Crippen molar-refractivity contribution in [2.75, 3.05) is 37.9 Å². The van der Waals surface area contributed by atoms with Crippen LogP contribution in [0.3, 0.4) is 0 Å². The van der Waals surface area contributed by atoms with Gasteiger partial charge in [0, 0.05) is 31.3 Å². The Balaban J connectivity index is 1.82. The molecule has 1 aromatic carbocycles. The topological polar surface area (TPSA) is 52.6 Å². The zero-order chi connectivity index (χ0) is 16.9. The predicted molar refractivity (Wildman–Crippen MR) is 100 cm³/mol. The molecule has 0 bridgehead atoms. The molecule has 128 valence electrons. The molecule has 5 nitrogen and oxygen atoms in total. The van der Waals surface area contributed by atoms with Crippen molar-refractivity contribution < 1.29 is 8.42 Å². The van der Waals surface area contributed by atoms with Crippen LogP contribution in [0, 0.1) is 0 Å². The van der Waals surface area contributed by atoms with E-state index >= 15 is 0 Å². The van der Waals surface area contributed by atoms with Gasteiger partial charge in [-0.25, -0.2) is 13.4 Å². The van der Waals surface area contributed by atoms with E-state index in [9.17, 15) is 8.42 Å². The Kier molecular flexibility index (Phi) is 6.70. The summed E-state index contributed by atoms with van der Waals surface area (Å²) in [4.78, 5) is 1.23. The SMILES string of the molecule is CN(C)N(C(=S)NCCSc1ccccc1)[C@H]1CCS(=O)(=O)C1. The van der Waals surface area contributed by atoms with Crippen LogP contribution in [0.25, 0.3) is 0 Å². The molecule has 1 saturated heterocycles. The van der Waals surface area contributed by atoms with Gasteiger partial charge >= 0.3 is 0 Å². The van der Waals surface area contributed by atoms with Crippen molar-refractivity contribution in [1.29, 1.82) is 0 Å². The maximum absolute atomic E-state index is 11.7. The second kappa shape index (κ2) is 8.32. The van der Waals surface area contributed by atoms with Crippen molar-refractivity contribution in [3.8, 4) is 0 Å². The molecule has 1 N–H and O–H groups in total. The quantitative estimate of drug-likeness (QED) is 0.352. The largest absolute Gasteiger partial charge is 0.361 e. The number of benzene rings is 1. The van der Waals surface area contributed by atoms with Gasteiger partial charge in [0.15, 0.2) is 14.9 Å². The second-order valence-corrected chi connectivity index (χ2v) is 9.43. The van der Waals surface area contributed by atoms with Gasteiger partial charge in [-0.1, -0.05) is 18.2 Å². The highest BCUT2D eigenvalue weighted by atomic mass is 32.2. The van der Waals surface area contributed by atoms with Crippen LogP contribution in [0.5, 0.6) is 0 Å². The van der Waals surface area contributed by atoms with Crippen LogP contribution in [0.15, 0.2) is 35.2 Å². The first kappa shape index (κ1) is 18.5. The fourth-order valence-electron chi connectivity index (χ4n) is 2.57. The maximum Gasteiger partial charge on any atom is 0.183 e. The summed E-state index contributed by atoms with van der Waals surface area (Å²) in [5.41, 5.74) is 0. The molecule has 1 aromatic rings. The van der Waals surface area contributed by atoms with Crippen LogP contribution in [-0.2, 0) is 9.84 Å². The Morgan fingerprint density at radius 1 is 1.35 bits per heavy atom. The number of hydrogen-bond donors (Lipinski definition) is 1. The highest BCUT2D eigenvalue weighted by Gasteiger charge is 2.34. The van der Waals surface area contributed by atoms with E-state index in [1.807, 2.05) is 42.3 Å². The molecule has 1 atom stereocenters. The molecule has 1 aliphatic rings. The van der Waals surface area contributed by atoms with Gasteiger partial charge in [0.1, 0.15) is 0 Å². The van der Waals surface area contributed by atoms with Crippen molar-refractivity contribution >= 4 is 38.9 Å². The van der Waals surface area contributed by atoms with Crippen LogP contribution in [-0.4, -0.2) is 67.5 Å². The Bertz CT molecular complexity index is 620. The zero-order valence-electron chi connectivity index (χ0n) is 13.4. The number of nitrogens with one attached hydrogen (secondary N) is 1. The molecule has 0 aliphatic carbocycles. The number of rotatable bonds is 6. The summed E-state index contributed by atoms with van der Waals surface area (Å²) < 4.78 is 23.4. The van der Waals surface area contributed by atoms with Crippen molar-refractivity contribution in [3.05, 3.63) is 30.3 Å². The van der Waals surface area contributed by atoms with E-state index in [1.54, 1.807) is 11.8 Å². The third-order valence-corrected chi connectivity index (χ3v) is 6.68. The molecule has 0 aromatic heterocycles. The van der Waals surface area contributed by atoms with Gasteiger partial charge < -0.3 is 5.32 Å². The first-order chi connectivity index (χ1) is 10.9. The van der Waals surface area contributed by atoms with Crippen LogP contribution < -0.4 is 5.32 Å². The Morgan fingerprint density at radius 2 is 2.04 bits per heavy atom. The van der Waals surface area contributed by atoms with E-state index in [1.165, 1.54) is 4.90 Å². The van der Waals surface area contributed by atoms with E-state index in [0.29, 0.717) is 11.5 Å². The first-order valence-corrected chi connectivity index (χ1v) is 10.7. The molecular weight excluding hydrogens is 350 g/mol. The normalized spacial score (nSPS) is 19.7. The number of thiocarbonyl (C=S) groups is 1. The van der Waals surface area contributed by atoms with E-state index in [4.69, 9.17) is 12.2 Å². The Morgan fingerprint density at radius 3 is 2.61 bits per heavy atom. The molecule has 0 amide bonds. The lowest BCUT2D eigenvalue weighted by atomic mass is 10.2. The maximum atomic E-state index is 11.7. The number of hydrazine groups is 1. The van der Waals surface area contributed by atoms with Gasteiger partial charge in [-0.2, -0.15) is 0 Å². The van der Waals surface area contributed by atoms with Gasteiger partial charge in [-0.15, -0.1) is 11.8 Å². The van der Waals surface area contributed by atoms with Gasteiger partial charge in [0.2, 0.25) is 0 Å². The molecule has 1 aliphatic heterocycles. The molecule has 1 heterocycles. The van der Waals surface area contributed by atoms with Crippen LogP contribution in [0.2, 0.25) is 0 Å². The lowest BCUT2D eigenvalue weighted by molar-refractivity contribution is 0.0715. The van der Waals surface area contributed by atoms with Crippen LogP contribution in [0.4, 0.5) is 0 Å². The monoisotopic (exact) mass is 373 g/mol. The minimum atomic E-state index is -2.93. The molecule has 0 radical (unpaired) electrons. The predicted octanol–water partition coefficient (Wildman–Crippen LogP) is 1.62. The lowest BCUT2D eigenvalue weighted by Gasteiger charge is -2.36. The molecule has 0 unspecified atom stereocenters. The smallest absolute Gasteiger partial charge is 0.183 e. The third-order valence-electron chi connectivity index (χ3n) is 3.58. The van der Waals surface area contributed by atoms with E-state index in [-0.39, 0.29) is 17.5 Å². The van der Waals surface area contributed by atoms with Gasteiger partial charge in [-0.3, -0.25) is 5.01 Å². The minimum absolute atomic E-state index is 0.0724. The average molecular weight is 374 g/mol. The molecule has 8 heteroatoms. The summed E-state index contributed by atoms with van der Waals surface area (Å²) in [6, 6.07) is 10.1. The van der Waals surface area contributed by atoms with Crippen molar-refractivity contribution in [2.45, 2.75) is 17.4 Å². The van der Waals surface area contributed by atoms with E-state index < -0.39 is 9.84 Å². The fraction of sp³-hybridized carbons (Fsp3) is 0.533. The second-order valence-electron chi connectivity index (χ2n) is 5.64. The molecular formula is C15H23N3O2S3. The van der Waals surface area contributed by atoms with Gasteiger partial charge in [0.25, 0.3) is 0 Å². The molecule has 0 spiro atoms. The number of thioether (sulfide) groups is 1. The summed E-state index contributed by atoms with van der Waals surface area (Å²) in [6.45, 7) is 0.738. The molecule has 23 heavy (non-hydrogen) atoms. The number of nitrogens with zero attached hydrogens (tertiary/aromatic N) is 2. The third kappa shape index (κ3) is 5.63. The highest BCUT2D eigenvalue weighted by Crippen LogP contribution is 2.19. The summed E-state index contributed by atoms with van der Waals surface area (Å²) in [6.07, 6.45) is 0.626. The number of sulfone groups is 1. The van der Waals surface area contributed by atoms with Crippen LogP contribution >= 0.6 is 24.0 Å². The van der Waals surface area contributed by atoms with E-state index in [2.05, 4.69) is 17.4 Å². The fourth-order valence-corrected chi connectivity index (χ4v) is 5.46. The highest BCUT2D eigenvalue weighted by molar-refractivity contribution is 7.99. The Labute approximate surface area is 148 Å². The lowest BCUT2D eigenvalue weighted by Crippen LogP contribution is -2.53. The van der Waals surface area contributed by atoms with Crippen molar-refractivity contribution in [2.24, 2.45) is 0 Å². The number of hydrogen-bond acceptors (Lipinski definition) is 5.